The minimum atomic E-state index is -3.34. The number of nitrogens with zero attached hydrogens (tertiary/aromatic N) is 1. The molecule has 21 heavy (non-hydrogen) atoms. The molecule has 2 rings (SSSR count). The molecule has 8 heteroatoms. The molecule has 2 N–H and O–H groups in total. The van der Waals surface area contributed by atoms with Crippen LogP contribution in [0.2, 0.25) is 0 Å². The molecule has 1 aromatic heterocycles. The Morgan fingerprint density at radius 3 is 2.76 bits per heavy atom. The Labute approximate surface area is 128 Å². The zero-order chi connectivity index (χ0) is 15.6. The van der Waals surface area contributed by atoms with Crippen LogP contribution in [-0.4, -0.2) is 36.7 Å². The molecule has 0 radical (unpaired) electrons. The second kappa shape index (κ2) is 5.98. The van der Waals surface area contributed by atoms with Crippen molar-refractivity contribution in [2.45, 2.75) is 24.8 Å². The number of fused-ring (bicyclic) bond motifs is 1. The number of aryl methyl sites for hydroxylation is 1. The van der Waals surface area contributed by atoms with Crippen molar-refractivity contribution in [2.75, 3.05) is 12.8 Å². The van der Waals surface area contributed by atoms with Gasteiger partial charge in [-0.2, -0.15) is 0 Å². The van der Waals surface area contributed by atoms with Crippen LogP contribution < -0.4 is 5.32 Å². The maximum atomic E-state index is 11.8. The minimum absolute atomic E-state index is 0.0620. The van der Waals surface area contributed by atoms with Gasteiger partial charge in [-0.1, -0.05) is 6.07 Å². The predicted molar refractivity (Wildman–Crippen MR) is 83.5 cm³/mol. The fourth-order valence-corrected chi connectivity index (χ4v) is 3.33. The quantitative estimate of drug-likeness (QED) is 0.818. The molecule has 0 saturated heterocycles. The number of aromatic nitrogens is 2. The van der Waals surface area contributed by atoms with Gasteiger partial charge in [-0.25, -0.2) is 8.42 Å². The lowest BCUT2D eigenvalue weighted by Gasteiger charge is -2.05. The Kier molecular flexibility index (Phi) is 4.48. The van der Waals surface area contributed by atoms with Crippen LogP contribution in [0.15, 0.2) is 23.1 Å². The third-order valence-electron chi connectivity index (χ3n) is 3.11. The number of H-pyrrole nitrogens is 1. The number of carbonyl (C=O) groups excluding carboxylic acids is 1. The van der Waals surface area contributed by atoms with E-state index < -0.39 is 9.84 Å². The molecule has 6 nitrogen and oxygen atoms in total. The van der Waals surface area contributed by atoms with Crippen LogP contribution in [0, 0.1) is 4.77 Å². The Bertz CT molecular complexity index is 834. The first-order chi connectivity index (χ1) is 9.84. The molecule has 0 aliphatic carbocycles. The lowest BCUT2D eigenvalue weighted by molar-refractivity contribution is -0.121. The van der Waals surface area contributed by atoms with E-state index in [1.165, 1.54) is 6.07 Å². The van der Waals surface area contributed by atoms with Gasteiger partial charge < -0.3 is 14.9 Å². The SMILES string of the molecule is CCNC(=O)CCn1c(=S)[nH]c2c(S(C)(=O)=O)cccc21. The van der Waals surface area contributed by atoms with Gasteiger partial charge in [0, 0.05) is 25.8 Å². The van der Waals surface area contributed by atoms with Crippen molar-refractivity contribution < 1.29 is 13.2 Å². The van der Waals surface area contributed by atoms with E-state index in [4.69, 9.17) is 12.2 Å². The van der Waals surface area contributed by atoms with E-state index in [2.05, 4.69) is 10.3 Å². The molecular weight excluding hydrogens is 310 g/mol. The highest BCUT2D eigenvalue weighted by Gasteiger charge is 2.15. The number of amides is 1. The number of nitrogens with one attached hydrogen (secondary N) is 2. The normalized spacial score (nSPS) is 11.7. The van der Waals surface area contributed by atoms with Gasteiger partial charge in [-0.3, -0.25) is 4.79 Å². The van der Waals surface area contributed by atoms with Crippen LogP contribution in [0.25, 0.3) is 11.0 Å². The lowest BCUT2D eigenvalue weighted by atomic mass is 10.3. The van der Waals surface area contributed by atoms with Crippen LogP contribution in [0.1, 0.15) is 13.3 Å². The summed E-state index contributed by atoms with van der Waals surface area (Å²) in [6.07, 6.45) is 1.45. The summed E-state index contributed by atoms with van der Waals surface area (Å²) in [7, 11) is -3.34. The number of sulfone groups is 1. The summed E-state index contributed by atoms with van der Waals surface area (Å²) in [6, 6.07) is 5.00. The summed E-state index contributed by atoms with van der Waals surface area (Å²) in [5.74, 6) is -0.0620. The minimum Gasteiger partial charge on any atom is -0.356 e. The molecular formula is C13H17N3O3S2. The molecule has 0 fully saturated rings. The highest BCUT2D eigenvalue weighted by Crippen LogP contribution is 2.22. The molecule has 1 aromatic carbocycles. The molecule has 114 valence electrons. The first-order valence-corrected chi connectivity index (χ1v) is 8.83. The fraction of sp³-hybridized carbons (Fsp3) is 0.385. The molecule has 0 spiro atoms. The maximum absolute atomic E-state index is 11.8. The smallest absolute Gasteiger partial charge is 0.221 e. The first kappa shape index (κ1) is 15.7. The number of hydrogen-bond acceptors (Lipinski definition) is 4. The van der Waals surface area contributed by atoms with Crippen molar-refractivity contribution in [3.05, 3.63) is 23.0 Å². The van der Waals surface area contributed by atoms with E-state index in [0.29, 0.717) is 28.9 Å². The van der Waals surface area contributed by atoms with Crippen molar-refractivity contribution in [3.8, 4) is 0 Å². The lowest BCUT2D eigenvalue weighted by Crippen LogP contribution is -2.23. The van der Waals surface area contributed by atoms with Gasteiger partial charge in [0.1, 0.15) is 0 Å². The van der Waals surface area contributed by atoms with E-state index >= 15 is 0 Å². The predicted octanol–water partition coefficient (Wildman–Crippen LogP) is 1.63. The van der Waals surface area contributed by atoms with Gasteiger partial charge in [0.15, 0.2) is 14.6 Å². The Morgan fingerprint density at radius 2 is 2.14 bits per heavy atom. The standard InChI is InChI=1S/C13H17N3O3S2/c1-3-14-11(17)7-8-16-9-5-4-6-10(21(2,18)19)12(9)15-13(16)20/h4-6H,3,7-8H2,1-2H3,(H,14,17)(H,15,20). The number of imidazole rings is 1. The molecule has 1 heterocycles. The highest BCUT2D eigenvalue weighted by atomic mass is 32.2. The van der Waals surface area contributed by atoms with Crippen LogP contribution in [0.3, 0.4) is 0 Å². The fourth-order valence-electron chi connectivity index (χ4n) is 2.18. The Balaban J connectivity index is 2.45. The maximum Gasteiger partial charge on any atom is 0.221 e. The van der Waals surface area contributed by atoms with E-state index in [-0.39, 0.29) is 17.2 Å². The molecule has 1 amide bonds. The van der Waals surface area contributed by atoms with Crippen LogP contribution in [0.5, 0.6) is 0 Å². The van der Waals surface area contributed by atoms with Gasteiger partial charge in [0.25, 0.3) is 0 Å². The van der Waals surface area contributed by atoms with E-state index in [1.807, 2.05) is 6.92 Å². The monoisotopic (exact) mass is 327 g/mol. The van der Waals surface area contributed by atoms with Gasteiger partial charge in [0.2, 0.25) is 5.91 Å². The summed E-state index contributed by atoms with van der Waals surface area (Å²) in [6.45, 7) is 2.84. The molecule has 0 aliphatic heterocycles. The third-order valence-corrected chi connectivity index (χ3v) is 4.57. The molecule has 0 unspecified atom stereocenters. The summed E-state index contributed by atoms with van der Waals surface area (Å²) in [5, 5.41) is 2.72. The van der Waals surface area contributed by atoms with Crippen LogP contribution in [-0.2, 0) is 21.2 Å². The zero-order valence-corrected chi connectivity index (χ0v) is 13.5. The number of rotatable bonds is 5. The van der Waals surface area contributed by atoms with Gasteiger partial charge >= 0.3 is 0 Å². The Morgan fingerprint density at radius 1 is 1.43 bits per heavy atom. The Hall–Kier alpha value is -1.67. The second-order valence-corrected chi connectivity index (χ2v) is 7.08. The van der Waals surface area contributed by atoms with Crippen LogP contribution in [0.4, 0.5) is 0 Å². The van der Waals surface area contributed by atoms with E-state index in [9.17, 15) is 13.2 Å². The summed E-state index contributed by atoms with van der Waals surface area (Å²) in [4.78, 5) is 14.7. The number of carbonyl (C=O) groups is 1. The largest absolute Gasteiger partial charge is 0.356 e. The summed E-state index contributed by atoms with van der Waals surface area (Å²) in [5.41, 5.74) is 1.17. The first-order valence-electron chi connectivity index (χ1n) is 6.53. The molecule has 2 aromatic rings. The van der Waals surface area contributed by atoms with Crippen LogP contribution >= 0.6 is 12.2 Å². The third kappa shape index (κ3) is 3.33. The highest BCUT2D eigenvalue weighted by molar-refractivity contribution is 7.91. The summed E-state index contributed by atoms with van der Waals surface area (Å²) < 4.78 is 25.7. The summed E-state index contributed by atoms with van der Waals surface area (Å²) >= 11 is 5.23. The topological polar surface area (TPSA) is 84.0 Å². The van der Waals surface area contributed by atoms with Gasteiger partial charge in [-0.15, -0.1) is 0 Å². The van der Waals surface area contributed by atoms with Crippen molar-refractivity contribution in [2.24, 2.45) is 0 Å². The van der Waals surface area contributed by atoms with Crippen molar-refractivity contribution in [1.82, 2.24) is 14.9 Å². The number of hydrogen-bond donors (Lipinski definition) is 2. The molecule has 0 aliphatic rings. The molecule has 0 saturated carbocycles. The number of para-hydroxylation sites is 1. The van der Waals surface area contributed by atoms with Crippen molar-refractivity contribution in [1.29, 1.82) is 0 Å². The molecule has 0 bridgehead atoms. The molecule has 0 atom stereocenters. The average molecular weight is 327 g/mol. The zero-order valence-electron chi connectivity index (χ0n) is 11.8. The van der Waals surface area contributed by atoms with Crippen molar-refractivity contribution in [3.63, 3.8) is 0 Å². The second-order valence-electron chi connectivity index (χ2n) is 4.71. The average Bonchev–Trinajstić information content (AvgIpc) is 2.70. The van der Waals surface area contributed by atoms with E-state index in [0.717, 1.165) is 6.26 Å². The van der Waals surface area contributed by atoms with Crippen molar-refractivity contribution >= 4 is 39.0 Å². The number of aromatic amines is 1. The number of benzene rings is 1. The van der Waals surface area contributed by atoms with Gasteiger partial charge in [-0.05, 0) is 31.3 Å². The van der Waals surface area contributed by atoms with E-state index in [1.54, 1.807) is 16.7 Å². The van der Waals surface area contributed by atoms with Gasteiger partial charge in [0.05, 0.1) is 15.9 Å².